The fraction of sp³-hybridized carbons (Fsp3) is 0.348. The molecular weight excluding hydrogens is 513 g/mol. The molecule has 3 N–H and O–H groups in total. The fourth-order valence-electron chi connectivity index (χ4n) is 3.90. The Balaban J connectivity index is 1.92. The van der Waals surface area contributed by atoms with Gasteiger partial charge in [-0.25, -0.2) is 18.1 Å². The lowest BCUT2D eigenvalue weighted by atomic mass is 9.93. The molecule has 1 aromatic heterocycles. The number of nitrogens with one attached hydrogen (secondary N) is 1. The smallest absolute Gasteiger partial charge is 0.256 e. The van der Waals surface area contributed by atoms with Gasteiger partial charge in [0.25, 0.3) is 5.91 Å². The lowest BCUT2D eigenvalue weighted by Crippen LogP contribution is -2.46. The van der Waals surface area contributed by atoms with Gasteiger partial charge in [0.15, 0.2) is 0 Å². The highest BCUT2D eigenvalue weighted by Gasteiger charge is 2.32. The van der Waals surface area contributed by atoms with Gasteiger partial charge in [0.1, 0.15) is 10.9 Å². The molecule has 0 spiro atoms. The molecule has 1 unspecified atom stereocenters. The van der Waals surface area contributed by atoms with Crippen LogP contribution in [0.3, 0.4) is 0 Å². The predicted molar refractivity (Wildman–Crippen MR) is 138 cm³/mol. The molecule has 2 aromatic rings. The van der Waals surface area contributed by atoms with Gasteiger partial charge in [-0.2, -0.15) is 0 Å². The number of amides is 1. The van der Waals surface area contributed by atoms with E-state index in [2.05, 4.69) is 14.7 Å². The number of hydrogen-bond donors (Lipinski definition) is 2. The first-order valence-electron chi connectivity index (χ1n) is 10.7. The Morgan fingerprint density at radius 2 is 2.06 bits per heavy atom. The van der Waals surface area contributed by atoms with Gasteiger partial charge in [0.05, 0.1) is 41.4 Å². The van der Waals surface area contributed by atoms with Gasteiger partial charge >= 0.3 is 0 Å². The third-order valence-electron chi connectivity index (χ3n) is 5.69. The number of ether oxygens (including phenoxy) is 1. The number of nitrogens with two attached hydrogens (primary N) is 1. The summed E-state index contributed by atoms with van der Waals surface area (Å²) in [6.45, 7) is 2.27. The second-order valence-corrected chi connectivity index (χ2v) is 10.6. The molecule has 0 saturated heterocycles. The van der Waals surface area contributed by atoms with Crippen LogP contribution in [-0.2, 0) is 16.6 Å². The number of methoxy groups -OCH3 is 1. The maximum Gasteiger partial charge on any atom is 0.256 e. The second-order valence-electron chi connectivity index (χ2n) is 8.03. The molecule has 3 rings (SSSR count). The number of carbonyl (C=O) groups is 1. The average Bonchev–Trinajstić information content (AvgIpc) is 2.80. The number of aromatic nitrogens is 1. The summed E-state index contributed by atoms with van der Waals surface area (Å²) in [5.41, 5.74) is 9.70. The van der Waals surface area contributed by atoms with Crippen LogP contribution >= 0.6 is 23.2 Å². The van der Waals surface area contributed by atoms with Crippen LogP contribution < -0.4 is 15.2 Å². The zero-order valence-electron chi connectivity index (χ0n) is 19.8. The second kappa shape index (κ2) is 10.9. The normalized spacial score (nSPS) is 17.0. The van der Waals surface area contributed by atoms with Crippen LogP contribution in [0.4, 0.5) is 0 Å². The van der Waals surface area contributed by atoms with Crippen molar-refractivity contribution in [2.45, 2.75) is 25.9 Å². The van der Waals surface area contributed by atoms with E-state index in [-0.39, 0.29) is 22.6 Å². The summed E-state index contributed by atoms with van der Waals surface area (Å²) in [6.07, 6.45) is 1.51. The fourth-order valence-corrected chi connectivity index (χ4v) is 4.85. The minimum absolute atomic E-state index is 0.0551. The topological polar surface area (TPSA) is 127 Å². The number of sulfonamides is 1. The van der Waals surface area contributed by atoms with Gasteiger partial charge in [-0.05, 0) is 43.2 Å². The summed E-state index contributed by atoms with van der Waals surface area (Å²) in [5, 5.41) is 0.441. The van der Waals surface area contributed by atoms with Crippen molar-refractivity contribution < 1.29 is 17.9 Å². The molecule has 0 saturated carbocycles. The van der Waals surface area contributed by atoms with Crippen LogP contribution in [0.15, 0.2) is 46.6 Å². The molecule has 0 bridgehead atoms. The number of aliphatic imine (C=N–C) groups is 1. The molecule has 0 aliphatic carbocycles. The monoisotopic (exact) mass is 539 g/mol. The molecule has 1 atom stereocenters. The minimum atomic E-state index is -3.38. The Labute approximate surface area is 215 Å². The molecule has 1 aromatic carbocycles. The van der Waals surface area contributed by atoms with Crippen molar-refractivity contribution >= 4 is 44.8 Å². The van der Waals surface area contributed by atoms with Gasteiger partial charge in [-0.3, -0.25) is 9.79 Å². The van der Waals surface area contributed by atoms with Crippen LogP contribution in [0.5, 0.6) is 5.75 Å². The highest BCUT2D eigenvalue weighted by Crippen LogP contribution is 2.31. The Hall–Kier alpha value is -2.66. The van der Waals surface area contributed by atoms with E-state index in [9.17, 15) is 13.2 Å². The molecule has 0 fully saturated rings. The van der Waals surface area contributed by atoms with Crippen molar-refractivity contribution in [3.63, 3.8) is 0 Å². The molecule has 35 heavy (non-hydrogen) atoms. The Bertz CT molecular complexity index is 1310. The number of carbonyl (C=O) groups excluding carboxylic acids is 1. The van der Waals surface area contributed by atoms with Crippen LogP contribution in [0.1, 0.15) is 35.0 Å². The number of hydrogen-bond acceptors (Lipinski definition) is 7. The van der Waals surface area contributed by atoms with Crippen molar-refractivity contribution in [2.24, 2.45) is 10.7 Å². The molecular formula is C23H27Cl2N5O4S. The maximum absolute atomic E-state index is 13.3. The van der Waals surface area contributed by atoms with E-state index in [0.717, 1.165) is 11.8 Å². The van der Waals surface area contributed by atoms with Crippen molar-refractivity contribution in [2.75, 3.05) is 27.0 Å². The summed E-state index contributed by atoms with van der Waals surface area (Å²) in [4.78, 5) is 23.7. The number of halogens is 2. The predicted octanol–water partition coefficient (Wildman–Crippen LogP) is 3.01. The Kier molecular flexibility index (Phi) is 8.42. The zero-order chi connectivity index (χ0) is 25.9. The van der Waals surface area contributed by atoms with Crippen LogP contribution in [0.2, 0.25) is 10.2 Å². The SMILES string of the molecule is CN=C(C1=C(N)C(C)N(C(=O)c2cccc(OC)c2Cl)CC1)c1cc(CNS(C)(=O)=O)cc(Cl)n1. The number of rotatable bonds is 7. The highest BCUT2D eigenvalue weighted by molar-refractivity contribution is 7.88. The van der Waals surface area contributed by atoms with Gasteiger partial charge in [0.2, 0.25) is 10.0 Å². The third-order valence-corrected chi connectivity index (χ3v) is 6.94. The van der Waals surface area contributed by atoms with E-state index in [1.54, 1.807) is 42.3 Å². The molecule has 2 heterocycles. The summed E-state index contributed by atoms with van der Waals surface area (Å²) in [6, 6.07) is 7.90. The lowest BCUT2D eigenvalue weighted by Gasteiger charge is -2.36. The first-order valence-corrected chi connectivity index (χ1v) is 13.3. The molecule has 12 heteroatoms. The standard InChI is InChI=1S/C23H27Cl2N5O4S/c1-13-21(26)16(8-9-30(13)23(31)15-6-5-7-18(34-3)20(15)25)22(27-2)17-10-14(11-19(24)29-17)12-28-35(4,32)33/h5-7,10-11,13,28H,8-9,12,26H2,1-4H3. The van der Waals surface area contributed by atoms with Gasteiger partial charge in [0, 0.05) is 31.4 Å². The molecule has 1 amide bonds. The minimum Gasteiger partial charge on any atom is -0.495 e. The number of pyridine rings is 1. The van der Waals surface area contributed by atoms with Crippen molar-refractivity contribution in [1.82, 2.24) is 14.6 Å². The summed E-state index contributed by atoms with van der Waals surface area (Å²) in [7, 11) is -0.277. The lowest BCUT2D eigenvalue weighted by molar-refractivity contribution is 0.0706. The van der Waals surface area contributed by atoms with Crippen LogP contribution in [-0.4, -0.2) is 62.9 Å². The van der Waals surface area contributed by atoms with Crippen molar-refractivity contribution in [3.8, 4) is 5.75 Å². The van der Waals surface area contributed by atoms with Crippen molar-refractivity contribution in [3.05, 3.63) is 68.6 Å². The first kappa shape index (κ1) is 26.9. The Morgan fingerprint density at radius 3 is 2.69 bits per heavy atom. The van der Waals surface area contributed by atoms with E-state index in [4.69, 9.17) is 33.7 Å². The van der Waals surface area contributed by atoms with E-state index in [0.29, 0.717) is 46.9 Å². The van der Waals surface area contributed by atoms with E-state index in [1.165, 1.54) is 7.11 Å². The van der Waals surface area contributed by atoms with Gasteiger partial charge < -0.3 is 15.4 Å². The summed E-state index contributed by atoms with van der Waals surface area (Å²) < 4.78 is 30.6. The quantitative estimate of drug-likeness (QED) is 0.411. The third kappa shape index (κ3) is 6.13. The Morgan fingerprint density at radius 1 is 1.34 bits per heavy atom. The van der Waals surface area contributed by atoms with E-state index in [1.807, 2.05) is 6.92 Å². The summed E-state index contributed by atoms with van der Waals surface area (Å²) >= 11 is 12.6. The van der Waals surface area contributed by atoms with Gasteiger partial charge in [-0.1, -0.05) is 29.3 Å². The highest BCUT2D eigenvalue weighted by atomic mass is 35.5. The van der Waals surface area contributed by atoms with E-state index < -0.39 is 16.1 Å². The average molecular weight is 540 g/mol. The van der Waals surface area contributed by atoms with E-state index >= 15 is 0 Å². The molecule has 1 aliphatic heterocycles. The summed E-state index contributed by atoms with van der Waals surface area (Å²) in [5.74, 6) is 0.161. The largest absolute Gasteiger partial charge is 0.495 e. The zero-order valence-corrected chi connectivity index (χ0v) is 22.1. The maximum atomic E-state index is 13.3. The molecule has 0 radical (unpaired) electrons. The van der Waals surface area contributed by atoms with Crippen LogP contribution in [0, 0.1) is 0 Å². The molecule has 1 aliphatic rings. The van der Waals surface area contributed by atoms with Crippen molar-refractivity contribution in [1.29, 1.82) is 0 Å². The van der Waals surface area contributed by atoms with Gasteiger partial charge in [-0.15, -0.1) is 0 Å². The number of nitrogens with zero attached hydrogens (tertiary/aromatic N) is 3. The first-order chi connectivity index (χ1) is 16.5. The molecule has 9 nitrogen and oxygen atoms in total. The number of benzene rings is 1. The molecule has 188 valence electrons. The van der Waals surface area contributed by atoms with Crippen LogP contribution in [0.25, 0.3) is 0 Å².